The third kappa shape index (κ3) is 3.25. The van der Waals surface area contributed by atoms with Gasteiger partial charge in [-0.05, 0) is 38.6 Å². The molecule has 1 aliphatic heterocycles. The van der Waals surface area contributed by atoms with E-state index >= 15 is 0 Å². The van der Waals surface area contributed by atoms with E-state index < -0.39 is 0 Å². The van der Waals surface area contributed by atoms with Gasteiger partial charge in [-0.2, -0.15) is 4.98 Å². The Hall–Kier alpha value is -1.03. The van der Waals surface area contributed by atoms with Gasteiger partial charge in [-0.15, -0.1) is 0 Å². The second-order valence-electron chi connectivity index (χ2n) is 5.48. The molecule has 0 aliphatic carbocycles. The summed E-state index contributed by atoms with van der Waals surface area (Å²) in [6.07, 6.45) is 5.46. The first-order valence-corrected chi connectivity index (χ1v) is 7.12. The maximum Gasteiger partial charge on any atom is 0.297 e. The zero-order chi connectivity index (χ0) is 13.0. The largest absolute Gasteiger partial charge is 0.432 e. The van der Waals surface area contributed by atoms with E-state index in [2.05, 4.69) is 36.0 Å². The number of hydrogen-bond acceptors (Lipinski definition) is 4. The molecule has 0 spiro atoms. The number of rotatable bonds is 5. The summed E-state index contributed by atoms with van der Waals surface area (Å²) in [5.74, 6) is 0.731. The number of hydrogen-bond donors (Lipinski definition) is 1. The minimum Gasteiger partial charge on any atom is -0.432 e. The highest BCUT2D eigenvalue weighted by atomic mass is 16.4. The standard InChI is InChI=1S/C14H25N3O/c1-4-7-15-8-13-10-18-14(16-13)17-9-11(2)5-6-12(17)3/h10-12,15H,4-9H2,1-3H3. The molecule has 0 bridgehead atoms. The van der Waals surface area contributed by atoms with E-state index in [0.717, 1.165) is 43.7 Å². The van der Waals surface area contributed by atoms with Gasteiger partial charge in [0.1, 0.15) is 6.26 Å². The molecule has 2 heterocycles. The molecule has 0 saturated carbocycles. The molecule has 0 amide bonds. The molecule has 1 fully saturated rings. The van der Waals surface area contributed by atoms with Crippen LogP contribution in [0.4, 0.5) is 6.01 Å². The van der Waals surface area contributed by atoms with Gasteiger partial charge in [0.05, 0.1) is 5.69 Å². The Bertz CT molecular complexity index is 364. The molecule has 1 aromatic heterocycles. The van der Waals surface area contributed by atoms with Crippen molar-refractivity contribution in [3.05, 3.63) is 12.0 Å². The van der Waals surface area contributed by atoms with Crippen molar-refractivity contribution in [3.63, 3.8) is 0 Å². The number of oxazole rings is 1. The highest BCUT2D eigenvalue weighted by Gasteiger charge is 2.26. The molecule has 4 heteroatoms. The van der Waals surface area contributed by atoms with Crippen LogP contribution >= 0.6 is 0 Å². The minimum atomic E-state index is 0.538. The first-order chi connectivity index (χ1) is 8.70. The van der Waals surface area contributed by atoms with Gasteiger partial charge in [0.15, 0.2) is 0 Å². The predicted molar refractivity (Wildman–Crippen MR) is 73.7 cm³/mol. The summed E-state index contributed by atoms with van der Waals surface area (Å²) in [4.78, 5) is 6.89. The van der Waals surface area contributed by atoms with Gasteiger partial charge >= 0.3 is 0 Å². The van der Waals surface area contributed by atoms with Crippen LogP contribution in [0.1, 0.15) is 45.7 Å². The Labute approximate surface area is 110 Å². The van der Waals surface area contributed by atoms with Crippen LogP contribution in [0, 0.1) is 5.92 Å². The molecule has 0 radical (unpaired) electrons. The summed E-state index contributed by atoms with van der Waals surface area (Å²) < 4.78 is 5.63. The van der Waals surface area contributed by atoms with Crippen LogP contribution in [0.5, 0.6) is 0 Å². The topological polar surface area (TPSA) is 41.3 Å². The van der Waals surface area contributed by atoms with E-state index in [0.29, 0.717) is 6.04 Å². The summed E-state index contributed by atoms with van der Waals surface area (Å²) >= 11 is 0. The van der Waals surface area contributed by atoms with Crippen molar-refractivity contribution in [2.24, 2.45) is 5.92 Å². The van der Waals surface area contributed by atoms with E-state index in [9.17, 15) is 0 Å². The van der Waals surface area contributed by atoms with Gasteiger partial charge in [0.2, 0.25) is 0 Å². The SMILES string of the molecule is CCCNCc1coc(N2CC(C)CCC2C)n1. The van der Waals surface area contributed by atoms with Crippen LogP contribution < -0.4 is 10.2 Å². The van der Waals surface area contributed by atoms with Crippen LogP contribution in [0.2, 0.25) is 0 Å². The predicted octanol–water partition coefficient (Wildman–Crippen LogP) is 2.80. The van der Waals surface area contributed by atoms with Gasteiger partial charge in [-0.1, -0.05) is 13.8 Å². The molecule has 2 atom stereocenters. The summed E-state index contributed by atoms with van der Waals surface area (Å²) in [5.41, 5.74) is 1.00. The fraction of sp³-hybridized carbons (Fsp3) is 0.786. The normalized spacial score (nSPS) is 24.5. The molecule has 2 rings (SSSR count). The Morgan fingerprint density at radius 2 is 2.28 bits per heavy atom. The van der Waals surface area contributed by atoms with Crippen LogP contribution in [0.3, 0.4) is 0 Å². The Balaban J connectivity index is 1.95. The number of anilines is 1. The van der Waals surface area contributed by atoms with Gasteiger partial charge in [0.25, 0.3) is 6.01 Å². The van der Waals surface area contributed by atoms with Crippen LogP contribution in [0.15, 0.2) is 10.7 Å². The van der Waals surface area contributed by atoms with Crippen molar-refractivity contribution >= 4 is 6.01 Å². The van der Waals surface area contributed by atoms with Gasteiger partial charge in [-0.3, -0.25) is 0 Å². The average Bonchev–Trinajstić information content (AvgIpc) is 2.81. The fourth-order valence-electron chi connectivity index (χ4n) is 2.46. The minimum absolute atomic E-state index is 0.538. The van der Waals surface area contributed by atoms with Crippen molar-refractivity contribution in [2.75, 3.05) is 18.0 Å². The molecule has 1 N–H and O–H groups in total. The molecular weight excluding hydrogens is 226 g/mol. The van der Waals surface area contributed by atoms with E-state index in [1.54, 1.807) is 6.26 Å². The number of piperidine rings is 1. The van der Waals surface area contributed by atoms with Crippen LogP contribution in [0.25, 0.3) is 0 Å². The summed E-state index contributed by atoms with van der Waals surface area (Å²) in [7, 11) is 0. The molecule has 1 aliphatic rings. The first kappa shape index (κ1) is 13.4. The third-order valence-electron chi connectivity index (χ3n) is 3.64. The summed E-state index contributed by atoms with van der Waals surface area (Å²) in [5, 5.41) is 3.35. The van der Waals surface area contributed by atoms with E-state index in [4.69, 9.17) is 4.42 Å². The van der Waals surface area contributed by atoms with Gasteiger partial charge in [-0.25, -0.2) is 0 Å². The first-order valence-electron chi connectivity index (χ1n) is 7.12. The second kappa shape index (κ2) is 6.23. The monoisotopic (exact) mass is 251 g/mol. The molecule has 102 valence electrons. The molecule has 1 saturated heterocycles. The van der Waals surface area contributed by atoms with Crippen molar-refractivity contribution in [3.8, 4) is 0 Å². The average molecular weight is 251 g/mol. The van der Waals surface area contributed by atoms with Crippen molar-refractivity contribution in [1.82, 2.24) is 10.3 Å². The summed E-state index contributed by atoms with van der Waals surface area (Å²) in [6, 6.07) is 1.33. The number of nitrogens with one attached hydrogen (secondary N) is 1. The molecule has 0 aromatic carbocycles. The van der Waals surface area contributed by atoms with Gasteiger partial charge in [0, 0.05) is 19.1 Å². The lowest BCUT2D eigenvalue weighted by molar-refractivity contribution is 0.365. The van der Waals surface area contributed by atoms with E-state index in [1.807, 2.05) is 0 Å². The smallest absolute Gasteiger partial charge is 0.297 e. The Kier molecular flexibility index (Phi) is 4.64. The zero-order valence-electron chi connectivity index (χ0n) is 11.8. The maximum atomic E-state index is 5.63. The molecule has 2 unspecified atom stereocenters. The lowest BCUT2D eigenvalue weighted by Gasteiger charge is -2.35. The zero-order valence-corrected chi connectivity index (χ0v) is 11.8. The Morgan fingerprint density at radius 1 is 1.44 bits per heavy atom. The highest BCUT2D eigenvalue weighted by Crippen LogP contribution is 2.26. The Morgan fingerprint density at radius 3 is 3.06 bits per heavy atom. The molecule has 1 aromatic rings. The van der Waals surface area contributed by atoms with Crippen molar-refractivity contribution in [2.45, 2.75) is 52.6 Å². The number of aromatic nitrogens is 1. The molecule has 18 heavy (non-hydrogen) atoms. The van der Waals surface area contributed by atoms with E-state index in [-0.39, 0.29) is 0 Å². The third-order valence-corrected chi connectivity index (χ3v) is 3.64. The molecule has 4 nitrogen and oxygen atoms in total. The highest BCUT2D eigenvalue weighted by molar-refractivity contribution is 5.29. The van der Waals surface area contributed by atoms with Crippen molar-refractivity contribution in [1.29, 1.82) is 0 Å². The van der Waals surface area contributed by atoms with Crippen LogP contribution in [-0.2, 0) is 6.54 Å². The quantitative estimate of drug-likeness (QED) is 0.817. The van der Waals surface area contributed by atoms with Crippen molar-refractivity contribution < 1.29 is 4.42 Å². The number of nitrogens with zero attached hydrogens (tertiary/aromatic N) is 2. The fourth-order valence-corrected chi connectivity index (χ4v) is 2.46. The lowest BCUT2D eigenvalue weighted by Crippen LogP contribution is -2.41. The lowest BCUT2D eigenvalue weighted by atomic mass is 9.95. The molecular formula is C14H25N3O. The van der Waals surface area contributed by atoms with Crippen LogP contribution in [-0.4, -0.2) is 24.1 Å². The van der Waals surface area contributed by atoms with E-state index in [1.165, 1.54) is 12.8 Å². The van der Waals surface area contributed by atoms with Gasteiger partial charge < -0.3 is 14.6 Å². The summed E-state index contributed by atoms with van der Waals surface area (Å²) in [6.45, 7) is 9.60. The second-order valence-corrected chi connectivity index (χ2v) is 5.48. The maximum absolute atomic E-state index is 5.63.